The van der Waals surface area contributed by atoms with E-state index in [2.05, 4.69) is 143 Å². The maximum Gasteiger partial charge on any atom is 0.259 e. The van der Waals surface area contributed by atoms with Gasteiger partial charge in [0.2, 0.25) is 31.9 Å². The molecule has 2 saturated heterocycles. The minimum Gasteiger partial charge on any atom is -0.508 e. The Morgan fingerprint density at radius 3 is 1.96 bits per heavy atom. The quantitative estimate of drug-likeness (QED) is 0.0155. The van der Waals surface area contributed by atoms with Crippen LogP contribution >= 0.6 is 22.6 Å². The van der Waals surface area contributed by atoms with E-state index >= 15 is 0 Å². The Labute approximate surface area is 730 Å². The molecule has 24 nitrogen and oxygen atoms in total. The summed E-state index contributed by atoms with van der Waals surface area (Å²) < 4.78 is 38.5. The van der Waals surface area contributed by atoms with Gasteiger partial charge in [-0.3, -0.25) is 38.8 Å². The summed E-state index contributed by atoms with van der Waals surface area (Å²) in [5.74, 6) is -4.31. The molecule has 3 aliphatic heterocycles. The molecule has 4 aromatic carbocycles. The van der Waals surface area contributed by atoms with Crippen LogP contribution in [0.25, 0.3) is 0 Å². The van der Waals surface area contributed by atoms with E-state index < -0.39 is 105 Å². The summed E-state index contributed by atoms with van der Waals surface area (Å²) in [5.41, 5.74) is 10.7. The van der Waals surface area contributed by atoms with Crippen LogP contribution in [0, 0.1) is 39.1 Å². The summed E-state index contributed by atoms with van der Waals surface area (Å²) in [6.07, 6.45) is 12.2. The summed E-state index contributed by atoms with van der Waals surface area (Å²) in [4.78, 5) is 112. The van der Waals surface area contributed by atoms with Gasteiger partial charge in [0, 0.05) is 62.7 Å². The van der Waals surface area contributed by atoms with E-state index in [0.717, 1.165) is 32.2 Å². The molecule has 8 amide bonds. The van der Waals surface area contributed by atoms with Crippen LogP contribution in [0.4, 0.5) is 0 Å². The van der Waals surface area contributed by atoms with Gasteiger partial charge in [-0.05, 0) is 149 Å². The largest absolute Gasteiger partial charge is 0.508 e. The standard InChI is InChI=1S/C43H65IN5O7Si.C37H53N5O7.3C4H9.Sn/c1-13-36(54-9)28(4)38(55-10)29(5)39(50)47-37(27(2)3)41(52)46-35(25-30-17-15-20-33(24-30)56-57(11,12)43(6,7)8)42(53)49-22-16-21-34(48-49)40(51)45-26-31-18-14-19-32(44)23-31;1-22(2)32-36(46)39-30(20-26-11-8-13-28(43)19-26)37(47)42-17-9-14-29(41-42)35(45)38-21-27-12-7-10-25(18-27)15-16-31(48-5)23(3)33(49-6)24(4)34(44)40-32;3*1-3-4-2;/h1,13-15,17-20,23-24,27-29,34-38,48H,16,21-22,25-26H2,2-12H3,(H,45,51)(H,46,52)(H,47,50);7-8,10-13,18-19,22-24,29-33,41,43H,9,14-17,20-21H2,1-6H3,(H,38,45)(H,39,46)(H,40,44);3*1,3-4H2,2H3;/t28-,29+,34-,35-,36-,37-,38+;23-,24+,29-,30-,31-,32-,33+;;;;/m00..../s1. The van der Waals surface area contributed by atoms with Gasteiger partial charge in [0.05, 0.1) is 18.1 Å². The third kappa shape index (κ3) is 31.0. The molecule has 0 unspecified atom stereocenters. The Kier molecular flexibility index (Phi) is 42.3. The van der Waals surface area contributed by atoms with Gasteiger partial charge in [-0.25, -0.2) is 10.9 Å². The molecule has 0 saturated carbocycles. The first kappa shape index (κ1) is 101. The van der Waals surface area contributed by atoms with Gasteiger partial charge in [-0.1, -0.05) is 109 Å². The molecule has 4 aromatic rings. The van der Waals surface area contributed by atoms with Crippen molar-refractivity contribution in [2.75, 3.05) is 41.5 Å². The first-order valence-electron chi connectivity index (χ1n) is 43.6. The van der Waals surface area contributed by atoms with Crippen LogP contribution in [-0.2, 0) is 89.7 Å². The van der Waals surface area contributed by atoms with Crippen molar-refractivity contribution < 1.29 is 66.8 Å². The topological polar surface area (TPSA) is 306 Å². The predicted octanol–water partition coefficient (Wildman–Crippen LogP) is 13.5. The number of aryl methyl sites for hydroxylation is 1. The third-order valence-corrected chi connectivity index (χ3v) is 43.6. The normalized spacial score (nSPS) is 21.8. The Balaban J connectivity index is 0.000000392. The molecule has 662 valence electrons. The van der Waals surface area contributed by atoms with Gasteiger partial charge in [0.15, 0.2) is 0 Å². The van der Waals surface area contributed by atoms with Crippen LogP contribution in [0.2, 0.25) is 31.4 Å². The Bertz CT molecular complexity index is 3900. The Morgan fingerprint density at radius 1 is 0.706 bits per heavy atom. The van der Waals surface area contributed by atoms with Gasteiger partial charge in [-0.2, -0.15) is 0 Å². The van der Waals surface area contributed by atoms with E-state index in [1.54, 1.807) is 53.6 Å². The van der Waals surface area contributed by atoms with Crippen molar-refractivity contribution in [3.05, 3.63) is 139 Å². The number of nitrogens with zero attached hydrogens (tertiary/aromatic N) is 2. The molecule has 0 radical (unpaired) electrons. The number of rotatable bonds is 34. The van der Waals surface area contributed by atoms with Gasteiger partial charge in [0.1, 0.15) is 35.7 Å². The summed E-state index contributed by atoms with van der Waals surface area (Å²) in [7, 11) is 4.41. The fraction of sp³-hybridized carbons (Fsp3) is 0.630. The van der Waals surface area contributed by atoms with Crippen LogP contribution in [0.15, 0.2) is 107 Å². The number of nitrogens with one attached hydrogen (secondary N) is 8. The number of carbonyl (C=O) groups excluding carboxylic acids is 8. The molecule has 7 rings (SSSR count). The number of carbonyl (C=O) groups is 8. The number of benzene rings is 4. The van der Waals surface area contributed by atoms with Crippen molar-refractivity contribution in [1.29, 1.82) is 0 Å². The van der Waals surface area contributed by atoms with Crippen LogP contribution in [0.3, 0.4) is 0 Å². The molecule has 3 aliphatic rings. The van der Waals surface area contributed by atoms with E-state index in [-0.39, 0.29) is 89.0 Å². The molecule has 119 heavy (non-hydrogen) atoms. The summed E-state index contributed by atoms with van der Waals surface area (Å²) in [6.45, 7) is 34.3. The molecule has 27 heteroatoms. The zero-order valence-electron chi connectivity index (χ0n) is 75.0. The number of phenolic OH excluding ortho intramolecular Hbond substituents is 1. The number of methoxy groups -OCH3 is 4. The zero-order valence-corrected chi connectivity index (χ0v) is 81.0. The molecule has 0 aliphatic carbocycles. The fourth-order valence-electron chi connectivity index (χ4n) is 16.0. The van der Waals surface area contributed by atoms with Crippen molar-refractivity contribution in [3.8, 4) is 11.5 Å². The first-order valence-corrected chi connectivity index (χ1v) is 55.3. The zero-order chi connectivity index (χ0) is 87.9. The number of hydrazine groups is 2. The summed E-state index contributed by atoms with van der Waals surface area (Å²) >= 11 is -0.382. The molecular weight excluding hydrogens is 1740 g/mol. The molecule has 0 spiro atoms. The maximum atomic E-state index is 14.7. The van der Waals surface area contributed by atoms with Crippen LogP contribution in [0.1, 0.15) is 195 Å². The number of halogens is 1. The second-order valence-electron chi connectivity index (χ2n) is 35.4. The average Bonchev–Trinajstić information content (AvgIpc) is 0.820. The van der Waals surface area contributed by atoms with E-state index in [0.29, 0.717) is 69.6 Å². The number of fused-ring (bicyclic) bond motifs is 4. The van der Waals surface area contributed by atoms with Crippen LogP contribution < -0.4 is 47.2 Å². The number of aromatic hydroxyl groups is 1. The minimum atomic E-state index is -2.63. The van der Waals surface area contributed by atoms with Crippen LogP contribution in [0.5, 0.6) is 11.5 Å². The Morgan fingerprint density at radius 2 is 1.34 bits per heavy atom. The summed E-state index contributed by atoms with van der Waals surface area (Å²) in [6, 6.07) is 24.9. The van der Waals surface area contributed by atoms with Crippen molar-refractivity contribution in [3.63, 3.8) is 0 Å². The Hall–Kier alpha value is -6.51. The van der Waals surface area contributed by atoms with Gasteiger partial charge >= 0.3 is 227 Å². The number of hydrogen-bond acceptors (Lipinski definition) is 16. The fourth-order valence-corrected chi connectivity index (χ4v) is 32.0. The second-order valence-corrected chi connectivity index (χ2v) is 54.4. The van der Waals surface area contributed by atoms with Crippen LogP contribution in [-0.4, -0.2) is 191 Å². The van der Waals surface area contributed by atoms with Crippen molar-refractivity contribution in [1.82, 2.24) is 52.8 Å². The minimum absolute atomic E-state index is 0.0273. The number of ether oxygens (including phenoxy) is 4. The van der Waals surface area contributed by atoms with E-state index in [9.17, 15) is 43.5 Å². The molecular formula is C92H145IN10O14SiSn. The van der Waals surface area contributed by atoms with Crippen molar-refractivity contribution in [2.45, 2.75) is 292 Å². The van der Waals surface area contributed by atoms with E-state index in [1.165, 1.54) is 67.9 Å². The van der Waals surface area contributed by atoms with Gasteiger partial charge in [0.25, 0.3) is 11.8 Å². The SMILES string of the molecule is CCC[CH2][Sn](/[CH]=C/[C@H](OC)[C@H](C)[C@@H](OC)[C@@H](C)C(=O)N[C@H](C(=O)N[C@@H](Cc1cccc(O[Si](C)(C)C(C)(C)C)c1)C(=O)N1CCC[C@@H](C(=O)NCc2cccc(I)c2)N1)C(C)C)([CH2]CCC)[CH2]CCC.CO[C@@H]1[C@@H](C)[C@@H](OC)CCc2cccc(c2)CNC(=O)[C@@H]2CCCN(N2)C(=O)[C@H](Cc2cccc(O)c2)NC(=O)[C@H](C(C)C)NC(=O)[C@@H]1C. The van der Waals surface area contributed by atoms with Gasteiger partial charge in [-0.15, -0.1) is 0 Å². The van der Waals surface area contributed by atoms with Crippen molar-refractivity contribution in [2.24, 2.45) is 35.5 Å². The first-order chi connectivity index (χ1) is 56.5. The molecule has 2 fully saturated rings. The number of hydrogen-bond donors (Lipinski definition) is 9. The predicted molar refractivity (Wildman–Crippen MR) is 484 cm³/mol. The number of unbranched alkanes of at least 4 members (excludes halogenated alkanes) is 3. The molecule has 3 heterocycles. The molecule has 0 aromatic heterocycles. The smallest absolute Gasteiger partial charge is 0.259 e. The van der Waals surface area contributed by atoms with E-state index in [1.807, 2.05) is 108 Å². The maximum absolute atomic E-state index is 14.7. The molecule has 14 atom stereocenters. The third-order valence-electron chi connectivity index (χ3n) is 24.5. The number of amides is 8. The van der Waals surface area contributed by atoms with Crippen molar-refractivity contribution >= 4 is 96.5 Å². The second kappa shape index (κ2) is 49.7. The van der Waals surface area contributed by atoms with Gasteiger partial charge < -0.3 is 40.3 Å². The number of phenols is 1. The molecule has 9 N–H and O–H groups in total. The van der Waals surface area contributed by atoms with E-state index in [4.69, 9.17) is 23.4 Å². The average molecular weight is 1890 g/mol. The monoisotopic (exact) mass is 1890 g/mol. The molecule has 4 bridgehead atoms. The summed E-state index contributed by atoms with van der Waals surface area (Å²) in [5, 5.41) is 30.9.